The number of carbonyl (C=O) groups is 1. The Morgan fingerprint density at radius 3 is 2.71 bits per heavy atom. The van der Waals surface area contributed by atoms with Crippen LogP contribution in [-0.4, -0.2) is 17.7 Å². The minimum absolute atomic E-state index is 0.0444. The molecule has 24 heavy (non-hydrogen) atoms. The molecule has 0 aliphatic heterocycles. The van der Waals surface area contributed by atoms with Gasteiger partial charge in [0.05, 0.1) is 24.0 Å². The van der Waals surface area contributed by atoms with Gasteiger partial charge in [-0.05, 0) is 18.2 Å². The van der Waals surface area contributed by atoms with E-state index in [9.17, 15) is 9.59 Å². The monoisotopic (exact) mass is 344 g/mol. The van der Waals surface area contributed by atoms with Gasteiger partial charge in [0.25, 0.3) is 0 Å². The highest BCUT2D eigenvalue weighted by Crippen LogP contribution is 2.27. The van der Waals surface area contributed by atoms with Gasteiger partial charge in [0.15, 0.2) is 0 Å². The lowest BCUT2D eigenvalue weighted by Gasteiger charge is -2.07. The summed E-state index contributed by atoms with van der Waals surface area (Å²) in [6.07, 6.45) is 1.26. The van der Waals surface area contributed by atoms with E-state index in [-0.39, 0.29) is 18.5 Å². The van der Waals surface area contributed by atoms with E-state index in [2.05, 4.69) is 0 Å². The molecule has 0 saturated carbocycles. The second-order valence-corrected chi connectivity index (χ2v) is 5.52. The number of aliphatic carboxylic acids is 1. The van der Waals surface area contributed by atoms with E-state index in [1.807, 2.05) is 0 Å². The van der Waals surface area contributed by atoms with Crippen LogP contribution in [0.5, 0.6) is 5.75 Å². The third-order valence-corrected chi connectivity index (χ3v) is 3.82. The average molecular weight is 345 g/mol. The van der Waals surface area contributed by atoms with Crippen LogP contribution in [0.2, 0.25) is 5.02 Å². The van der Waals surface area contributed by atoms with E-state index in [0.29, 0.717) is 32.9 Å². The zero-order chi connectivity index (χ0) is 17.1. The van der Waals surface area contributed by atoms with Crippen LogP contribution >= 0.6 is 11.6 Å². The molecule has 5 nitrogen and oxygen atoms in total. The predicted octanol–water partition coefficient (Wildman–Crippen LogP) is 3.97. The molecule has 0 aliphatic rings. The first-order valence-electron chi connectivity index (χ1n) is 7.21. The van der Waals surface area contributed by atoms with E-state index < -0.39 is 5.97 Å². The molecule has 0 spiro atoms. The van der Waals surface area contributed by atoms with Gasteiger partial charge < -0.3 is 14.3 Å². The second kappa shape index (κ2) is 6.76. The Bertz CT molecular complexity index is 961. The van der Waals surface area contributed by atoms with Crippen molar-refractivity contribution in [1.82, 2.24) is 0 Å². The van der Waals surface area contributed by atoms with Crippen molar-refractivity contribution in [3.8, 4) is 16.9 Å². The molecule has 122 valence electrons. The molecule has 0 fully saturated rings. The van der Waals surface area contributed by atoms with Crippen molar-refractivity contribution in [2.75, 3.05) is 6.61 Å². The smallest absolute Gasteiger partial charge is 0.306 e. The van der Waals surface area contributed by atoms with Gasteiger partial charge >= 0.3 is 5.97 Å². The maximum absolute atomic E-state index is 12.7. The topological polar surface area (TPSA) is 76.7 Å². The standard InChI is InChI=1S/C18H13ClO5/c19-15-4-2-1-3-12(15)14-10-24-16-9-11(23-8-7-17(20)21)5-6-13(16)18(14)22/h1-6,9-10H,7-8H2,(H,20,21). The van der Waals surface area contributed by atoms with Gasteiger partial charge in [-0.15, -0.1) is 0 Å². The molecule has 0 radical (unpaired) electrons. The Balaban J connectivity index is 1.97. The molecule has 6 heteroatoms. The Morgan fingerprint density at radius 1 is 1.17 bits per heavy atom. The number of hydrogen-bond donors (Lipinski definition) is 1. The van der Waals surface area contributed by atoms with Gasteiger partial charge in [0, 0.05) is 16.7 Å². The Kier molecular flexibility index (Phi) is 4.53. The number of fused-ring (bicyclic) bond motifs is 1. The molecule has 0 aliphatic carbocycles. The quantitative estimate of drug-likeness (QED) is 0.758. The van der Waals surface area contributed by atoms with Crippen LogP contribution in [0.15, 0.2) is 57.9 Å². The number of hydrogen-bond acceptors (Lipinski definition) is 4. The number of rotatable bonds is 5. The molecule has 0 unspecified atom stereocenters. The summed E-state index contributed by atoms with van der Waals surface area (Å²) >= 11 is 6.14. The fraction of sp³-hybridized carbons (Fsp3) is 0.111. The van der Waals surface area contributed by atoms with Crippen LogP contribution in [0, 0.1) is 0 Å². The summed E-state index contributed by atoms with van der Waals surface area (Å²) < 4.78 is 10.9. The number of benzene rings is 2. The molecule has 3 rings (SSSR count). The highest BCUT2D eigenvalue weighted by Gasteiger charge is 2.12. The highest BCUT2D eigenvalue weighted by atomic mass is 35.5. The van der Waals surface area contributed by atoms with Crippen LogP contribution in [0.1, 0.15) is 6.42 Å². The van der Waals surface area contributed by atoms with Crippen molar-refractivity contribution < 1.29 is 19.1 Å². The number of ether oxygens (including phenoxy) is 1. The van der Waals surface area contributed by atoms with Crippen molar-refractivity contribution in [2.45, 2.75) is 6.42 Å². The molecular formula is C18H13ClO5. The van der Waals surface area contributed by atoms with Crippen molar-refractivity contribution in [3.05, 3.63) is 64.0 Å². The van der Waals surface area contributed by atoms with Gasteiger partial charge in [-0.25, -0.2) is 0 Å². The minimum atomic E-state index is -0.938. The highest BCUT2D eigenvalue weighted by molar-refractivity contribution is 6.33. The van der Waals surface area contributed by atoms with E-state index >= 15 is 0 Å². The fourth-order valence-corrected chi connectivity index (χ4v) is 2.56. The molecule has 2 aromatic carbocycles. The van der Waals surface area contributed by atoms with Crippen LogP contribution in [-0.2, 0) is 4.79 Å². The van der Waals surface area contributed by atoms with Crippen LogP contribution in [0.25, 0.3) is 22.1 Å². The molecule has 0 bridgehead atoms. The Labute approximate surface area is 142 Å². The van der Waals surface area contributed by atoms with Gasteiger partial charge in [0.1, 0.15) is 17.6 Å². The van der Waals surface area contributed by atoms with E-state index in [0.717, 1.165) is 0 Å². The largest absolute Gasteiger partial charge is 0.493 e. The second-order valence-electron chi connectivity index (χ2n) is 5.11. The third-order valence-electron chi connectivity index (χ3n) is 3.49. The first-order valence-corrected chi connectivity index (χ1v) is 7.59. The molecule has 0 atom stereocenters. The van der Waals surface area contributed by atoms with Crippen molar-refractivity contribution in [1.29, 1.82) is 0 Å². The summed E-state index contributed by atoms with van der Waals surface area (Å²) in [4.78, 5) is 23.2. The van der Waals surface area contributed by atoms with Gasteiger partial charge in [-0.1, -0.05) is 29.8 Å². The maximum atomic E-state index is 12.7. The van der Waals surface area contributed by atoms with Crippen LogP contribution in [0.4, 0.5) is 0 Å². The Morgan fingerprint density at radius 2 is 1.96 bits per heavy atom. The number of halogens is 1. The number of carboxylic acids is 1. The normalized spacial score (nSPS) is 10.7. The molecule has 3 aromatic rings. The van der Waals surface area contributed by atoms with E-state index in [4.69, 9.17) is 25.9 Å². The van der Waals surface area contributed by atoms with Gasteiger partial charge in [0.2, 0.25) is 5.43 Å². The van der Waals surface area contributed by atoms with Crippen LogP contribution in [0.3, 0.4) is 0 Å². The maximum Gasteiger partial charge on any atom is 0.306 e. The lowest BCUT2D eigenvalue weighted by atomic mass is 10.1. The lowest BCUT2D eigenvalue weighted by molar-refractivity contribution is -0.137. The van der Waals surface area contributed by atoms with Gasteiger partial charge in [-0.2, -0.15) is 0 Å². The van der Waals surface area contributed by atoms with Crippen LogP contribution < -0.4 is 10.2 Å². The lowest BCUT2D eigenvalue weighted by Crippen LogP contribution is -2.06. The van der Waals surface area contributed by atoms with Crippen molar-refractivity contribution >= 4 is 28.5 Å². The minimum Gasteiger partial charge on any atom is -0.493 e. The first-order chi connectivity index (χ1) is 11.6. The van der Waals surface area contributed by atoms with Crippen molar-refractivity contribution in [2.24, 2.45) is 0 Å². The zero-order valence-corrected chi connectivity index (χ0v) is 13.2. The summed E-state index contributed by atoms with van der Waals surface area (Å²) in [6.45, 7) is 0.0444. The van der Waals surface area contributed by atoms with Crippen molar-refractivity contribution in [3.63, 3.8) is 0 Å². The summed E-state index contributed by atoms with van der Waals surface area (Å²) in [6, 6.07) is 11.8. The molecule has 0 amide bonds. The SMILES string of the molecule is O=C(O)CCOc1ccc2c(=O)c(-c3ccccc3Cl)coc2c1. The van der Waals surface area contributed by atoms with E-state index in [1.54, 1.807) is 42.5 Å². The Hall–Kier alpha value is -2.79. The summed E-state index contributed by atoms with van der Waals surface area (Å²) in [5, 5.41) is 9.48. The molecular weight excluding hydrogens is 332 g/mol. The summed E-state index contributed by atoms with van der Waals surface area (Å²) in [5.41, 5.74) is 1.16. The zero-order valence-electron chi connectivity index (χ0n) is 12.5. The fourth-order valence-electron chi connectivity index (χ4n) is 2.32. The number of carboxylic acid groups (broad SMARTS) is 1. The molecule has 0 saturated heterocycles. The summed E-state index contributed by atoms with van der Waals surface area (Å²) in [7, 11) is 0. The van der Waals surface area contributed by atoms with Gasteiger partial charge in [-0.3, -0.25) is 9.59 Å². The molecule has 1 aromatic heterocycles. The predicted molar refractivity (Wildman–Crippen MR) is 90.7 cm³/mol. The third kappa shape index (κ3) is 3.26. The molecule has 1 N–H and O–H groups in total. The first kappa shape index (κ1) is 16.1. The van der Waals surface area contributed by atoms with E-state index in [1.165, 1.54) is 6.26 Å². The average Bonchev–Trinajstić information content (AvgIpc) is 2.56. The molecule has 1 heterocycles. The summed E-state index contributed by atoms with van der Waals surface area (Å²) in [5.74, 6) is -0.496.